The lowest BCUT2D eigenvalue weighted by Gasteiger charge is -2.12. The van der Waals surface area contributed by atoms with Crippen LogP contribution in [-0.2, 0) is 0 Å². The predicted octanol–water partition coefficient (Wildman–Crippen LogP) is 3.04. The van der Waals surface area contributed by atoms with Gasteiger partial charge in [-0.15, -0.1) is 0 Å². The molecule has 0 aliphatic carbocycles. The quantitative estimate of drug-likeness (QED) is 0.820. The summed E-state index contributed by atoms with van der Waals surface area (Å²) >= 11 is 3.55. The minimum atomic E-state index is 0.403. The largest absolute Gasteiger partial charge is 0.313 e. The summed E-state index contributed by atoms with van der Waals surface area (Å²) in [6, 6.07) is 6.83. The highest BCUT2D eigenvalue weighted by atomic mass is 79.9. The van der Waals surface area contributed by atoms with Gasteiger partial charge in [0.2, 0.25) is 0 Å². The molecule has 0 heterocycles. The molecule has 0 aromatic heterocycles. The zero-order chi connectivity index (χ0) is 9.14. The van der Waals surface area contributed by atoms with Gasteiger partial charge in [0.25, 0.3) is 0 Å². The number of hydrogen-bond acceptors (Lipinski definition) is 1. The van der Waals surface area contributed by atoms with E-state index < -0.39 is 0 Å². The van der Waals surface area contributed by atoms with E-state index in [0.717, 1.165) is 0 Å². The van der Waals surface area contributed by atoms with E-state index >= 15 is 0 Å². The number of benzene rings is 1. The van der Waals surface area contributed by atoms with Crippen molar-refractivity contribution in [3.8, 4) is 0 Å². The number of hydrogen-bond donors (Lipinski definition) is 1. The Morgan fingerprint density at radius 2 is 2.08 bits per heavy atom. The number of aryl methyl sites for hydroxylation is 1. The maximum Gasteiger partial charge on any atom is 0.0300 e. The van der Waals surface area contributed by atoms with Gasteiger partial charge in [-0.05, 0) is 38.1 Å². The standard InChI is InChI=1S/C10H14BrN/c1-7-4-5-9(8(2)12-3)10(11)6-7/h4-6,8,12H,1-3H3. The lowest BCUT2D eigenvalue weighted by molar-refractivity contribution is 0.649. The van der Waals surface area contributed by atoms with Gasteiger partial charge in [0, 0.05) is 10.5 Å². The Morgan fingerprint density at radius 3 is 2.58 bits per heavy atom. The van der Waals surface area contributed by atoms with Gasteiger partial charge in [-0.25, -0.2) is 0 Å². The summed E-state index contributed by atoms with van der Waals surface area (Å²) in [6.45, 7) is 4.24. The van der Waals surface area contributed by atoms with E-state index in [-0.39, 0.29) is 0 Å². The minimum Gasteiger partial charge on any atom is -0.313 e. The molecule has 1 atom stereocenters. The summed E-state index contributed by atoms with van der Waals surface area (Å²) in [4.78, 5) is 0. The molecule has 1 N–H and O–H groups in total. The van der Waals surface area contributed by atoms with Crippen molar-refractivity contribution < 1.29 is 0 Å². The van der Waals surface area contributed by atoms with Gasteiger partial charge in [0.05, 0.1) is 0 Å². The van der Waals surface area contributed by atoms with Gasteiger partial charge >= 0.3 is 0 Å². The van der Waals surface area contributed by atoms with E-state index in [2.05, 4.69) is 53.3 Å². The van der Waals surface area contributed by atoms with Crippen molar-refractivity contribution in [2.45, 2.75) is 19.9 Å². The molecule has 1 rings (SSSR count). The number of halogens is 1. The van der Waals surface area contributed by atoms with Gasteiger partial charge in [0.15, 0.2) is 0 Å². The third-order valence-electron chi connectivity index (χ3n) is 2.06. The Morgan fingerprint density at radius 1 is 1.42 bits per heavy atom. The summed E-state index contributed by atoms with van der Waals surface area (Å²) in [7, 11) is 1.97. The van der Waals surface area contributed by atoms with Crippen LogP contribution in [0.2, 0.25) is 0 Å². The molecule has 1 aromatic carbocycles. The second kappa shape index (κ2) is 4.06. The molecule has 0 amide bonds. The maximum atomic E-state index is 3.55. The average Bonchev–Trinajstić information content (AvgIpc) is 2.03. The Labute approximate surface area is 82.3 Å². The molecule has 0 fully saturated rings. The molecule has 0 saturated heterocycles. The van der Waals surface area contributed by atoms with Crippen molar-refractivity contribution in [1.29, 1.82) is 0 Å². The van der Waals surface area contributed by atoms with Crippen LogP contribution in [-0.4, -0.2) is 7.05 Å². The highest BCUT2D eigenvalue weighted by Gasteiger charge is 2.05. The highest BCUT2D eigenvalue weighted by Crippen LogP contribution is 2.23. The molecule has 0 spiro atoms. The van der Waals surface area contributed by atoms with Crippen LogP contribution in [0.5, 0.6) is 0 Å². The summed E-state index contributed by atoms with van der Waals surface area (Å²) in [5, 5.41) is 3.21. The van der Waals surface area contributed by atoms with E-state index in [1.165, 1.54) is 15.6 Å². The summed E-state index contributed by atoms with van der Waals surface area (Å²) < 4.78 is 1.18. The Bertz CT molecular complexity index is 271. The second-order valence-corrected chi connectivity index (χ2v) is 3.89. The van der Waals surface area contributed by atoms with E-state index in [4.69, 9.17) is 0 Å². The van der Waals surface area contributed by atoms with Crippen LogP contribution in [0, 0.1) is 6.92 Å². The minimum absolute atomic E-state index is 0.403. The molecular formula is C10H14BrN. The lowest BCUT2D eigenvalue weighted by atomic mass is 10.1. The summed E-state index contributed by atoms with van der Waals surface area (Å²) in [5.41, 5.74) is 2.59. The van der Waals surface area contributed by atoms with Crippen LogP contribution in [0.3, 0.4) is 0 Å². The summed E-state index contributed by atoms with van der Waals surface area (Å²) in [6.07, 6.45) is 0. The maximum absolute atomic E-state index is 3.55. The van der Waals surface area contributed by atoms with Crippen LogP contribution in [0.15, 0.2) is 22.7 Å². The molecule has 1 aromatic rings. The third kappa shape index (κ3) is 2.08. The van der Waals surface area contributed by atoms with Crippen LogP contribution in [0.1, 0.15) is 24.1 Å². The number of rotatable bonds is 2. The fourth-order valence-corrected chi connectivity index (χ4v) is 1.98. The zero-order valence-electron chi connectivity index (χ0n) is 7.69. The molecule has 1 unspecified atom stereocenters. The van der Waals surface area contributed by atoms with Crippen molar-refractivity contribution in [1.82, 2.24) is 5.32 Å². The first-order valence-electron chi connectivity index (χ1n) is 4.08. The SMILES string of the molecule is CNC(C)c1ccc(C)cc1Br. The third-order valence-corrected chi connectivity index (χ3v) is 2.74. The fourth-order valence-electron chi connectivity index (χ4n) is 1.14. The Kier molecular flexibility index (Phi) is 3.29. The molecule has 12 heavy (non-hydrogen) atoms. The van der Waals surface area contributed by atoms with E-state index in [0.29, 0.717) is 6.04 Å². The molecule has 0 aliphatic heterocycles. The monoisotopic (exact) mass is 227 g/mol. The van der Waals surface area contributed by atoms with Crippen LogP contribution < -0.4 is 5.32 Å². The van der Waals surface area contributed by atoms with Gasteiger partial charge in [-0.3, -0.25) is 0 Å². The van der Waals surface area contributed by atoms with Crippen molar-refractivity contribution in [2.24, 2.45) is 0 Å². The topological polar surface area (TPSA) is 12.0 Å². The second-order valence-electron chi connectivity index (χ2n) is 3.04. The predicted molar refractivity (Wildman–Crippen MR) is 56.4 cm³/mol. The average molecular weight is 228 g/mol. The Hall–Kier alpha value is -0.340. The molecule has 0 aliphatic rings. The Balaban J connectivity index is 3.01. The van der Waals surface area contributed by atoms with Crippen molar-refractivity contribution in [2.75, 3.05) is 7.05 Å². The van der Waals surface area contributed by atoms with Crippen LogP contribution in [0.25, 0.3) is 0 Å². The normalized spacial score (nSPS) is 13.0. The van der Waals surface area contributed by atoms with Crippen molar-refractivity contribution in [3.63, 3.8) is 0 Å². The van der Waals surface area contributed by atoms with Gasteiger partial charge in [-0.1, -0.05) is 28.1 Å². The van der Waals surface area contributed by atoms with Gasteiger partial charge in [0.1, 0.15) is 0 Å². The van der Waals surface area contributed by atoms with Crippen LogP contribution >= 0.6 is 15.9 Å². The zero-order valence-corrected chi connectivity index (χ0v) is 9.27. The van der Waals surface area contributed by atoms with E-state index in [1.54, 1.807) is 0 Å². The highest BCUT2D eigenvalue weighted by molar-refractivity contribution is 9.10. The molecule has 0 radical (unpaired) electrons. The molecule has 0 bridgehead atoms. The summed E-state index contributed by atoms with van der Waals surface area (Å²) in [5.74, 6) is 0. The van der Waals surface area contributed by atoms with E-state index in [1.807, 2.05) is 7.05 Å². The molecule has 2 heteroatoms. The molecular weight excluding hydrogens is 214 g/mol. The number of nitrogens with one attached hydrogen (secondary N) is 1. The van der Waals surface area contributed by atoms with Gasteiger partial charge < -0.3 is 5.32 Å². The first-order valence-corrected chi connectivity index (χ1v) is 4.87. The molecule has 0 saturated carbocycles. The van der Waals surface area contributed by atoms with Gasteiger partial charge in [-0.2, -0.15) is 0 Å². The first kappa shape index (κ1) is 9.75. The molecule has 1 nitrogen and oxygen atoms in total. The fraction of sp³-hybridized carbons (Fsp3) is 0.400. The van der Waals surface area contributed by atoms with Crippen molar-refractivity contribution >= 4 is 15.9 Å². The van der Waals surface area contributed by atoms with E-state index in [9.17, 15) is 0 Å². The lowest BCUT2D eigenvalue weighted by Crippen LogP contribution is -2.12. The first-order chi connectivity index (χ1) is 5.65. The van der Waals surface area contributed by atoms with Crippen LogP contribution in [0.4, 0.5) is 0 Å². The molecule has 66 valence electrons. The smallest absolute Gasteiger partial charge is 0.0300 e. The van der Waals surface area contributed by atoms with Crippen molar-refractivity contribution in [3.05, 3.63) is 33.8 Å².